The van der Waals surface area contributed by atoms with Crippen molar-refractivity contribution < 1.29 is 9.53 Å². The van der Waals surface area contributed by atoms with Crippen LogP contribution in [0.1, 0.15) is 43.0 Å². The fourth-order valence-corrected chi connectivity index (χ4v) is 3.82. The highest BCUT2D eigenvalue weighted by atomic mass is 32.1. The van der Waals surface area contributed by atoms with E-state index in [0.29, 0.717) is 5.13 Å². The Balaban J connectivity index is 1.69. The molecule has 27 heavy (non-hydrogen) atoms. The first kappa shape index (κ1) is 19.4. The number of aromatic nitrogens is 1. The number of amides is 1. The summed E-state index contributed by atoms with van der Waals surface area (Å²) in [5.41, 5.74) is 5.57. The number of aryl methyl sites for hydroxylation is 2. The van der Waals surface area contributed by atoms with Gasteiger partial charge in [0.15, 0.2) is 11.7 Å². The number of nitrogens with zero attached hydrogens (tertiary/aromatic N) is 1. The first-order valence-electron chi connectivity index (χ1n) is 9.05. The number of rotatable bonds is 4. The average molecular weight is 383 g/mol. The number of ether oxygens (including phenoxy) is 1. The number of hydrogen-bond donors (Lipinski definition) is 1. The third-order valence-corrected chi connectivity index (χ3v) is 5.56. The fourth-order valence-electron chi connectivity index (χ4n) is 2.89. The van der Waals surface area contributed by atoms with Crippen molar-refractivity contribution >= 4 is 32.6 Å². The lowest BCUT2D eigenvalue weighted by molar-refractivity contribution is -0.118. The summed E-state index contributed by atoms with van der Waals surface area (Å²) in [6.07, 6.45) is 0. The number of nitrogens with one attached hydrogen (secondary N) is 1. The van der Waals surface area contributed by atoms with Gasteiger partial charge in [-0.1, -0.05) is 44.2 Å². The number of carbonyl (C=O) groups excluding carboxylic acids is 1. The summed E-state index contributed by atoms with van der Waals surface area (Å²) < 4.78 is 6.81. The smallest absolute Gasteiger partial charge is 0.264 e. The molecule has 142 valence electrons. The Bertz CT molecular complexity index is 999. The maximum atomic E-state index is 12.3. The first-order chi connectivity index (χ1) is 12.6. The first-order valence-corrected chi connectivity index (χ1v) is 9.87. The Morgan fingerprint density at radius 2 is 1.89 bits per heavy atom. The average Bonchev–Trinajstić information content (AvgIpc) is 2.97. The van der Waals surface area contributed by atoms with Gasteiger partial charge in [-0.25, -0.2) is 4.98 Å². The van der Waals surface area contributed by atoms with Gasteiger partial charge < -0.3 is 4.74 Å². The summed E-state index contributed by atoms with van der Waals surface area (Å²) in [5, 5.41) is 3.45. The molecule has 0 spiro atoms. The maximum absolute atomic E-state index is 12.3. The predicted octanol–water partition coefficient (Wildman–Crippen LogP) is 5.54. The van der Waals surface area contributed by atoms with E-state index < -0.39 is 0 Å². The quantitative estimate of drug-likeness (QED) is 0.645. The number of benzene rings is 2. The van der Waals surface area contributed by atoms with Crippen molar-refractivity contribution in [1.29, 1.82) is 0 Å². The van der Waals surface area contributed by atoms with Gasteiger partial charge >= 0.3 is 0 Å². The molecule has 0 aliphatic carbocycles. The van der Waals surface area contributed by atoms with Crippen molar-refractivity contribution in [2.75, 3.05) is 11.9 Å². The fraction of sp³-hybridized carbons (Fsp3) is 0.364. The maximum Gasteiger partial charge on any atom is 0.264 e. The lowest BCUT2D eigenvalue weighted by atomic mass is 9.87. The lowest BCUT2D eigenvalue weighted by Crippen LogP contribution is -2.20. The summed E-state index contributed by atoms with van der Waals surface area (Å²) in [5.74, 6) is 0.547. The van der Waals surface area contributed by atoms with Crippen molar-refractivity contribution in [3.05, 3.63) is 52.6 Å². The van der Waals surface area contributed by atoms with Crippen molar-refractivity contribution in [3.63, 3.8) is 0 Å². The van der Waals surface area contributed by atoms with Gasteiger partial charge in [-0.3, -0.25) is 10.1 Å². The molecule has 2 aromatic carbocycles. The molecule has 0 radical (unpaired) electrons. The normalized spacial score (nSPS) is 11.6. The monoisotopic (exact) mass is 382 g/mol. The van der Waals surface area contributed by atoms with E-state index >= 15 is 0 Å². The molecule has 0 fully saturated rings. The molecule has 0 aliphatic heterocycles. The number of hydrogen-bond acceptors (Lipinski definition) is 4. The zero-order valence-corrected chi connectivity index (χ0v) is 17.6. The van der Waals surface area contributed by atoms with Crippen LogP contribution in [0.15, 0.2) is 30.3 Å². The minimum Gasteiger partial charge on any atom is -0.483 e. The Morgan fingerprint density at radius 3 is 2.59 bits per heavy atom. The van der Waals surface area contributed by atoms with Crippen LogP contribution in [0.3, 0.4) is 0 Å². The second-order valence-corrected chi connectivity index (χ2v) is 9.02. The van der Waals surface area contributed by atoms with Crippen molar-refractivity contribution in [2.45, 2.75) is 47.0 Å². The Kier molecular flexibility index (Phi) is 5.24. The lowest BCUT2D eigenvalue weighted by Gasteiger charge is -2.18. The molecule has 1 amide bonds. The van der Waals surface area contributed by atoms with Crippen LogP contribution in [-0.4, -0.2) is 17.5 Å². The van der Waals surface area contributed by atoms with Gasteiger partial charge in [0, 0.05) is 0 Å². The zero-order valence-electron chi connectivity index (χ0n) is 16.8. The van der Waals surface area contributed by atoms with E-state index in [0.717, 1.165) is 32.7 Å². The number of thiazole rings is 1. The highest BCUT2D eigenvalue weighted by Gasteiger charge is 2.16. The topological polar surface area (TPSA) is 51.2 Å². The minimum absolute atomic E-state index is 0.0348. The van der Waals surface area contributed by atoms with E-state index in [9.17, 15) is 4.79 Å². The predicted molar refractivity (Wildman–Crippen MR) is 113 cm³/mol. The minimum atomic E-state index is -0.205. The van der Waals surface area contributed by atoms with Crippen LogP contribution < -0.4 is 10.1 Å². The largest absolute Gasteiger partial charge is 0.483 e. The van der Waals surface area contributed by atoms with E-state index in [2.05, 4.69) is 49.3 Å². The van der Waals surface area contributed by atoms with E-state index in [1.807, 2.05) is 32.9 Å². The number of anilines is 1. The zero-order chi connectivity index (χ0) is 19.8. The van der Waals surface area contributed by atoms with E-state index in [1.54, 1.807) is 0 Å². The van der Waals surface area contributed by atoms with Crippen LogP contribution in [0, 0.1) is 20.8 Å². The highest BCUT2D eigenvalue weighted by Crippen LogP contribution is 2.31. The molecule has 3 rings (SSSR count). The molecule has 4 nitrogen and oxygen atoms in total. The molecule has 1 heterocycles. The van der Waals surface area contributed by atoms with Gasteiger partial charge in [-0.15, -0.1) is 0 Å². The summed E-state index contributed by atoms with van der Waals surface area (Å²) in [7, 11) is 0. The molecular weight excluding hydrogens is 356 g/mol. The third-order valence-electron chi connectivity index (χ3n) is 4.62. The Morgan fingerprint density at radius 1 is 1.15 bits per heavy atom. The van der Waals surface area contributed by atoms with Crippen LogP contribution >= 0.6 is 11.3 Å². The molecule has 1 N–H and O–H groups in total. The summed E-state index contributed by atoms with van der Waals surface area (Å²) in [4.78, 5) is 16.8. The summed E-state index contributed by atoms with van der Waals surface area (Å²) in [6.45, 7) is 12.6. The SMILES string of the molecule is Cc1cc(C)c(C)c(OCC(=O)Nc2nc3ccc(C(C)(C)C)cc3s2)c1. The second kappa shape index (κ2) is 7.31. The molecule has 0 unspecified atom stereocenters. The molecular formula is C22H26N2O2S. The van der Waals surface area contributed by atoms with E-state index in [-0.39, 0.29) is 17.9 Å². The highest BCUT2D eigenvalue weighted by molar-refractivity contribution is 7.22. The van der Waals surface area contributed by atoms with Crippen LogP contribution in [0.25, 0.3) is 10.2 Å². The molecule has 0 aliphatic rings. The molecule has 0 bridgehead atoms. The molecule has 5 heteroatoms. The standard InChI is InChI=1S/C22H26N2O2S/c1-13-9-14(2)15(3)18(10-13)26-12-20(25)24-21-23-17-8-7-16(22(4,5)6)11-19(17)27-21/h7-11H,12H2,1-6H3,(H,23,24,25). The number of fused-ring (bicyclic) bond motifs is 1. The van der Waals surface area contributed by atoms with Crippen LogP contribution in [-0.2, 0) is 10.2 Å². The molecule has 1 aromatic heterocycles. The number of carbonyl (C=O) groups is 1. The van der Waals surface area contributed by atoms with Gasteiger partial charge in [-0.2, -0.15) is 0 Å². The van der Waals surface area contributed by atoms with Gasteiger partial charge in [0.2, 0.25) is 0 Å². The van der Waals surface area contributed by atoms with E-state index in [1.165, 1.54) is 16.9 Å². The Labute approximate surface area is 164 Å². The molecule has 0 atom stereocenters. The van der Waals surface area contributed by atoms with E-state index in [4.69, 9.17) is 4.74 Å². The molecule has 0 saturated heterocycles. The molecule has 3 aromatic rings. The third kappa shape index (κ3) is 4.48. The Hall–Kier alpha value is -2.40. The van der Waals surface area contributed by atoms with Gasteiger partial charge in [0.1, 0.15) is 5.75 Å². The van der Waals surface area contributed by atoms with Crippen molar-refractivity contribution in [2.24, 2.45) is 0 Å². The van der Waals surface area contributed by atoms with Crippen molar-refractivity contribution in [3.8, 4) is 5.75 Å². The van der Waals surface area contributed by atoms with Crippen LogP contribution in [0.2, 0.25) is 0 Å². The summed E-state index contributed by atoms with van der Waals surface area (Å²) >= 11 is 1.49. The summed E-state index contributed by atoms with van der Waals surface area (Å²) in [6, 6.07) is 10.3. The van der Waals surface area contributed by atoms with Crippen LogP contribution in [0.5, 0.6) is 5.75 Å². The van der Waals surface area contributed by atoms with Crippen molar-refractivity contribution in [1.82, 2.24) is 4.98 Å². The second-order valence-electron chi connectivity index (χ2n) is 7.99. The van der Waals surface area contributed by atoms with Gasteiger partial charge in [-0.05, 0) is 66.6 Å². The van der Waals surface area contributed by atoms with Gasteiger partial charge in [0.25, 0.3) is 5.91 Å². The van der Waals surface area contributed by atoms with Crippen LogP contribution in [0.4, 0.5) is 5.13 Å². The molecule has 0 saturated carbocycles. The van der Waals surface area contributed by atoms with Gasteiger partial charge in [0.05, 0.1) is 10.2 Å².